The van der Waals surface area contributed by atoms with E-state index in [0.29, 0.717) is 19.4 Å². The van der Waals surface area contributed by atoms with E-state index in [0.717, 1.165) is 5.56 Å². The van der Waals surface area contributed by atoms with Gasteiger partial charge in [-0.05, 0) is 18.4 Å². The van der Waals surface area contributed by atoms with Gasteiger partial charge in [-0.25, -0.2) is 0 Å². The highest BCUT2D eigenvalue weighted by Gasteiger charge is 2.14. The number of ether oxygens (including phenoxy) is 1. The van der Waals surface area contributed by atoms with Gasteiger partial charge in [0.15, 0.2) is 5.96 Å². The van der Waals surface area contributed by atoms with Gasteiger partial charge in [-0.2, -0.15) is 0 Å². The average Bonchev–Trinajstić information content (AvgIpc) is 2.41. The minimum absolute atomic E-state index is 0. The Morgan fingerprint density at radius 2 is 1.81 bits per heavy atom. The third kappa shape index (κ3) is 9.95. The van der Waals surface area contributed by atoms with E-state index in [1.54, 1.807) is 0 Å². The number of carbonyl (C=O) groups is 1. The fourth-order valence-corrected chi connectivity index (χ4v) is 1.47. The second-order valence-electron chi connectivity index (χ2n) is 4.15. The van der Waals surface area contributed by atoms with Gasteiger partial charge in [-0.15, -0.1) is 24.8 Å². The zero-order valence-corrected chi connectivity index (χ0v) is 13.2. The van der Waals surface area contributed by atoms with Crippen LogP contribution in [-0.4, -0.2) is 24.5 Å². The molecule has 120 valence electrons. The molecule has 0 aliphatic rings. The molecule has 6 N–H and O–H groups in total. The Morgan fingerprint density at radius 3 is 2.38 bits per heavy atom. The van der Waals surface area contributed by atoms with E-state index in [2.05, 4.69) is 4.99 Å². The van der Waals surface area contributed by atoms with Gasteiger partial charge in [0.25, 0.3) is 0 Å². The maximum Gasteiger partial charge on any atom is 0.323 e. The number of guanidine groups is 1. The smallest absolute Gasteiger partial charge is 0.323 e. The van der Waals surface area contributed by atoms with Crippen LogP contribution in [0.3, 0.4) is 0 Å². The zero-order chi connectivity index (χ0) is 14.1. The summed E-state index contributed by atoms with van der Waals surface area (Å²) in [7, 11) is 0. The number of benzene rings is 1. The highest BCUT2D eigenvalue weighted by atomic mass is 35.5. The molecule has 8 heteroatoms. The van der Waals surface area contributed by atoms with Gasteiger partial charge in [-0.1, -0.05) is 30.3 Å². The first-order valence-corrected chi connectivity index (χ1v) is 6.11. The van der Waals surface area contributed by atoms with E-state index in [-0.39, 0.29) is 37.4 Å². The first-order valence-electron chi connectivity index (χ1n) is 6.11. The standard InChI is InChI=1S/C13H20N4O2.2ClH/c14-11(7-4-8-17-13(15)16)12(18)19-9-10-5-2-1-3-6-10;;/h1-3,5-6,11H,4,7-9,14H2,(H4,15,16,17);2*1H/t11-;;/m0../s1. The zero-order valence-electron chi connectivity index (χ0n) is 11.6. The highest BCUT2D eigenvalue weighted by molar-refractivity contribution is 5.85. The van der Waals surface area contributed by atoms with Crippen molar-refractivity contribution in [3.8, 4) is 0 Å². The van der Waals surface area contributed by atoms with Gasteiger partial charge in [0, 0.05) is 6.54 Å². The van der Waals surface area contributed by atoms with E-state index in [4.69, 9.17) is 21.9 Å². The molecule has 6 nitrogen and oxygen atoms in total. The molecule has 0 amide bonds. The minimum Gasteiger partial charge on any atom is -0.460 e. The van der Waals surface area contributed by atoms with Gasteiger partial charge in [0.05, 0.1) is 0 Å². The van der Waals surface area contributed by atoms with Crippen LogP contribution in [0, 0.1) is 0 Å². The Morgan fingerprint density at radius 1 is 1.19 bits per heavy atom. The lowest BCUT2D eigenvalue weighted by atomic mass is 10.2. The van der Waals surface area contributed by atoms with Crippen molar-refractivity contribution in [2.24, 2.45) is 22.2 Å². The summed E-state index contributed by atoms with van der Waals surface area (Å²) in [4.78, 5) is 15.4. The molecular formula is C13H22Cl2N4O2. The molecule has 0 aliphatic heterocycles. The van der Waals surface area contributed by atoms with Gasteiger partial charge < -0.3 is 21.9 Å². The first kappa shape index (κ1) is 21.8. The number of aliphatic imine (C=N–C) groups is 1. The molecule has 1 atom stereocenters. The highest BCUT2D eigenvalue weighted by Crippen LogP contribution is 2.03. The number of hydrogen-bond donors (Lipinski definition) is 3. The monoisotopic (exact) mass is 336 g/mol. The quantitative estimate of drug-likeness (QED) is 0.296. The van der Waals surface area contributed by atoms with Crippen molar-refractivity contribution in [3.63, 3.8) is 0 Å². The summed E-state index contributed by atoms with van der Waals surface area (Å²) in [6, 6.07) is 8.81. The summed E-state index contributed by atoms with van der Waals surface area (Å²) in [5.41, 5.74) is 17.0. The van der Waals surface area contributed by atoms with Crippen LogP contribution in [0.5, 0.6) is 0 Å². The van der Waals surface area contributed by atoms with E-state index in [1.165, 1.54) is 0 Å². The van der Waals surface area contributed by atoms with Crippen molar-refractivity contribution in [1.82, 2.24) is 0 Å². The predicted octanol–water partition coefficient (Wildman–Crippen LogP) is 0.954. The number of halogens is 2. The van der Waals surface area contributed by atoms with Crippen molar-refractivity contribution >= 4 is 36.7 Å². The summed E-state index contributed by atoms with van der Waals surface area (Å²) in [5, 5.41) is 0. The minimum atomic E-state index is -0.641. The fourth-order valence-electron chi connectivity index (χ4n) is 1.47. The van der Waals surface area contributed by atoms with Crippen LogP contribution in [0.1, 0.15) is 18.4 Å². The molecule has 0 saturated carbocycles. The summed E-state index contributed by atoms with van der Waals surface area (Å²) in [5.74, 6) is -0.367. The van der Waals surface area contributed by atoms with Crippen LogP contribution in [-0.2, 0) is 16.1 Å². The summed E-state index contributed by atoms with van der Waals surface area (Å²) < 4.78 is 5.12. The van der Waals surface area contributed by atoms with Crippen LogP contribution in [0.15, 0.2) is 35.3 Å². The fraction of sp³-hybridized carbons (Fsp3) is 0.385. The van der Waals surface area contributed by atoms with E-state index < -0.39 is 12.0 Å². The summed E-state index contributed by atoms with van der Waals surface area (Å²) in [6.45, 7) is 0.698. The van der Waals surface area contributed by atoms with Crippen molar-refractivity contribution < 1.29 is 9.53 Å². The molecule has 0 fully saturated rings. The first-order chi connectivity index (χ1) is 9.09. The lowest BCUT2D eigenvalue weighted by Crippen LogP contribution is -2.32. The third-order valence-corrected chi connectivity index (χ3v) is 2.49. The maximum absolute atomic E-state index is 11.6. The molecule has 0 heterocycles. The second-order valence-corrected chi connectivity index (χ2v) is 4.15. The van der Waals surface area contributed by atoms with Crippen molar-refractivity contribution in [3.05, 3.63) is 35.9 Å². The van der Waals surface area contributed by atoms with Crippen LogP contribution in [0.25, 0.3) is 0 Å². The van der Waals surface area contributed by atoms with Crippen LogP contribution in [0.4, 0.5) is 0 Å². The Labute approximate surface area is 136 Å². The lowest BCUT2D eigenvalue weighted by molar-refractivity contribution is -0.146. The van der Waals surface area contributed by atoms with Crippen molar-refractivity contribution in [2.45, 2.75) is 25.5 Å². The SMILES string of the molecule is Cl.Cl.NC(N)=NCCC[C@H](N)C(=O)OCc1ccccc1. The topological polar surface area (TPSA) is 117 Å². The van der Waals surface area contributed by atoms with Crippen LogP contribution < -0.4 is 17.2 Å². The maximum atomic E-state index is 11.6. The number of rotatable bonds is 7. The normalized spacial score (nSPS) is 10.5. The van der Waals surface area contributed by atoms with Crippen molar-refractivity contribution in [1.29, 1.82) is 0 Å². The van der Waals surface area contributed by atoms with Gasteiger partial charge in [0.1, 0.15) is 12.6 Å². The Balaban J connectivity index is 0. The second kappa shape index (κ2) is 12.3. The Bertz CT molecular complexity index is 425. The third-order valence-electron chi connectivity index (χ3n) is 2.49. The Kier molecular flexibility index (Phi) is 12.7. The molecule has 0 spiro atoms. The molecule has 1 aromatic rings. The van der Waals surface area contributed by atoms with E-state index in [1.807, 2.05) is 30.3 Å². The van der Waals surface area contributed by atoms with E-state index >= 15 is 0 Å². The molecule has 1 aromatic carbocycles. The number of esters is 1. The molecule has 0 aromatic heterocycles. The molecule has 0 radical (unpaired) electrons. The van der Waals surface area contributed by atoms with Gasteiger partial charge >= 0.3 is 5.97 Å². The number of hydrogen-bond acceptors (Lipinski definition) is 4. The summed E-state index contributed by atoms with van der Waals surface area (Å²) in [6.07, 6.45) is 1.13. The van der Waals surface area contributed by atoms with Crippen molar-refractivity contribution in [2.75, 3.05) is 6.54 Å². The number of carbonyl (C=O) groups excluding carboxylic acids is 1. The molecule has 0 unspecified atom stereocenters. The Hall–Kier alpha value is -1.50. The van der Waals surface area contributed by atoms with Gasteiger partial charge in [-0.3, -0.25) is 9.79 Å². The predicted molar refractivity (Wildman–Crippen MR) is 88.6 cm³/mol. The molecular weight excluding hydrogens is 315 g/mol. The van der Waals surface area contributed by atoms with Crippen LogP contribution >= 0.6 is 24.8 Å². The molecule has 1 rings (SSSR count). The number of nitrogens with zero attached hydrogens (tertiary/aromatic N) is 1. The summed E-state index contributed by atoms with van der Waals surface area (Å²) >= 11 is 0. The lowest BCUT2D eigenvalue weighted by Gasteiger charge is -2.10. The molecule has 21 heavy (non-hydrogen) atoms. The molecule has 0 aliphatic carbocycles. The van der Waals surface area contributed by atoms with Gasteiger partial charge in [0.2, 0.25) is 0 Å². The number of nitrogens with two attached hydrogens (primary N) is 3. The average molecular weight is 337 g/mol. The van der Waals surface area contributed by atoms with E-state index in [9.17, 15) is 4.79 Å². The largest absolute Gasteiger partial charge is 0.460 e. The van der Waals surface area contributed by atoms with Crippen LogP contribution in [0.2, 0.25) is 0 Å². The molecule has 0 saturated heterocycles. The molecule has 0 bridgehead atoms.